The van der Waals surface area contributed by atoms with Crippen LogP contribution in [0.1, 0.15) is 10.4 Å². The first-order valence-electron chi connectivity index (χ1n) is 6.53. The molecule has 0 radical (unpaired) electrons. The molecule has 0 unspecified atom stereocenters. The van der Waals surface area contributed by atoms with E-state index in [9.17, 15) is 9.90 Å². The molecule has 112 valence electrons. The molecule has 0 bridgehead atoms. The van der Waals surface area contributed by atoms with Crippen molar-refractivity contribution in [1.82, 2.24) is 4.98 Å². The van der Waals surface area contributed by atoms with Gasteiger partial charge in [0.25, 0.3) is 0 Å². The molecule has 2 aromatic carbocycles. The minimum atomic E-state index is -0.256. The molecule has 1 heterocycles. The van der Waals surface area contributed by atoms with E-state index in [4.69, 9.17) is 16.3 Å². The van der Waals surface area contributed by atoms with Crippen LogP contribution in [0.2, 0.25) is 5.02 Å². The summed E-state index contributed by atoms with van der Waals surface area (Å²) >= 11 is 6.92. The molecule has 0 saturated carbocycles. The molecule has 0 aliphatic carbocycles. The lowest BCUT2D eigenvalue weighted by Gasteiger charge is -2.07. The summed E-state index contributed by atoms with van der Waals surface area (Å²) in [5, 5.41) is 10.2. The first kappa shape index (κ1) is 14.7. The Morgan fingerprint density at radius 1 is 1.14 bits per heavy atom. The predicted octanol–water partition coefficient (Wildman–Crippen LogP) is 4.18. The minimum Gasteiger partial charge on any atom is -0.494 e. The highest BCUT2D eigenvalue weighted by atomic mass is 35.5. The molecule has 2 N–H and O–H groups in total. The Labute approximate surface area is 135 Å². The quantitative estimate of drug-likeness (QED) is 0.753. The van der Waals surface area contributed by atoms with Crippen LogP contribution in [-0.2, 0) is 6.42 Å². The number of aromatic nitrogens is 1. The molecule has 3 rings (SSSR count). The number of aromatic hydroxyl groups is 1. The Bertz CT molecular complexity index is 839. The van der Waals surface area contributed by atoms with Crippen LogP contribution in [-0.4, -0.2) is 10.1 Å². The van der Waals surface area contributed by atoms with Crippen LogP contribution in [0.15, 0.2) is 53.3 Å². The van der Waals surface area contributed by atoms with Crippen molar-refractivity contribution in [3.8, 4) is 17.4 Å². The smallest absolute Gasteiger partial charge is 0.307 e. The molecule has 0 aliphatic rings. The van der Waals surface area contributed by atoms with Gasteiger partial charge in [0, 0.05) is 11.4 Å². The number of hydrogen-bond acceptors (Lipinski definition) is 4. The molecule has 0 spiro atoms. The molecule has 22 heavy (non-hydrogen) atoms. The van der Waals surface area contributed by atoms with Crippen molar-refractivity contribution in [2.75, 3.05) is 0 Å². The maximum atomic E-state index is 11.2. The standard InChI is InChI=1S/C16H12ClNO3S/c17-11-2-1-3-13(9-11)21-12-6-4-10(5-7-12)8-14-15(19)18-16(20)22-14/h1-7,9,19H,8H2,(H,18,20). The topological polar surface area (TPSA) is 62.3 Å². The molecule has 0 atom stereocenters. The van der Waals surface area contributed by atoms with E-state index in [-0.39, 0.29) is 10.8 Å². The number of hydrogen-bond donors (Lipinski definition) is 2. The van der Waals surface area contributed by atoms with Crippen LogP contribution in [0.3, 0.4) is 0 Å². The first-order chi connectivity index (χ1) is 10.6. The zero-order valence-electron chi connectivity index (χ0n) is 11.4. The Kier molecular flexibility index (Phi) is 4.18. The van der Waals surface area contributed by atoms with Gasteiger partial charge in [-0.3, -0.25) is 9.78 Å². The molecule has 0 amide bonds. The number of rotatable bonds is 4. The van der Waals surface area contributed by atoms with E-state index in [2.05, 4.69) is 4.98 Å². The van der Waals surface area contributed by atoms with Gasteiger partial charge in [0.1, 0.15) is 11.5 Å². The maximum Gasteiger partial charge on any atom is 0.307 e. The lowest BCUT2D eigenvalue weighted by molar-refractivity contribution is 0.451. The third-order valence-electron chi connectivity index (χ3n) is 3.02. The molecule has 0 fully saturated rings. The van der Waals surface area contributed by atoms with Crippen molar-refractivity contribution in [3.63, 3.8) is 0 Å². The highest BCUT2D eigenvalue weighted by Crippen LogP contribution is 2.26. The Morgan fingerprint density at radius 2 is 1.91 bits per heavy atom. The Balaban J connectivity index is 1.72. The second kappa shape index (κ2) is 6.25. The summed E-state index contributed by atoms with van der Waals surface area (Å²) in [4.78, 5) is 13.9. The van der Waals surface area contributed by atoms with Crippen LogP contribution in [0.4, 0.5) is 0 Å². The van der Waals surface area contributed by atoms with Gasteiger partial charge in [-0.2, -0.15) is 0 Å². The summed E-state index contributed by atoms with van der Waals surface area (Å²) in [6.45, 7) is 0. The van der Waals surface area contributed by atoms with Crippen LogP contribution >= 0.6 is 22.9 Å². The SMILES string of the molecule is O=c1[nH]c(O)c(Cc2ccc(Oc3cccc(Cl)c3)cc2)s1. The van der Waals surface area contributed by atoms with Crippen LogP contribution in [0, 0.1) is 0 Å². The van der Waals surface area contributed by atoms with Gasteiger partial charge in [0.15, 0.2) is 0 Å². The highest BCUT2D eigenvalue weighted by Gasteiger charge is 2.07. The van der Waals surface area contributed by atoms with Crippen molar-refractivity contribution in [1.29, 1.82) is 0 Å². The predicted molar refractivity (Wildman–Crippen MR) is 87.4 cm³/mol. The monoisotopic (exact) mass is 333 g/mol. The third-order valence-corrected chi connectivity index (χ3v) is 4.13. The minimum absolute atomic E-state index is 0.0609. The second-order valence-corrected chi connectivity index (χ2v) is 6.17. The lowest BCUT2D eigenvalue weighted by Crippen LogP contribution is -1.89. The average Bonchev–Trinajstić information content (AvgIpc) is 2.79. The fourth-order valence-corrected chi connectivity index (χ4v) is 2.94. The number of halogens is 1. The van der Waals surface area contributed by atoms with Gasteiger partial charge in [-0.25, -0.2) is 0 Å². The van der Waals surface area contributed by atoms with E-state index in [1.807, 2.05) is 36.4 Å². The fraction of sp³-hybridized carbons (Fsp3) is 0.0625. The zero-order chi connectivity index (χ0) is 15.5. The number of ether oxygens (including phenoxy) is 1. The van der Waals surface area contributed by atoms with Crippen LogP contribution < -0.4 is 9.61 Å². The summed E-state index contributed by atoms with van der Waals surface area (Å²) in [5.41, 5.74) is 0.976. The van der Waals surface area contributed by atoms with E-state index in [1.165, 1.54) is 0 Å². The zero-order valence-corrected chi connectivity index (χ0v) is 12.9. The van der Waals surface area contributed by atoms with Crippen molar-refractivity contribution >= 4 is 22.9 Å². The van der Waals surface area contributed by atoms with Crippen molar-refractivity contribution in [3.05, 3.63) is 73.7 Å². The van der Waals surface area contributed by atoms with E-state index >= 15 is 0 Å². The van der Waals surface area contributed by atoms with Crippen molar-refractivity contribution in [2.24, 2.45) is 0 Å². The number of thiazole rings is 1. The van der Waals surface area contributed by atoms with Gasteiger partial charge in [-0.15, -0.1) is 0 Å². The summed E-state index contributed by atoms with van der Waals surface area (Å²) in [6.07, 6.45) is 0.493. The van der Waals surface area contributed by atoms with Crippen molar-refractivity contribution < 1.29 is 9.84 Å². The number of benzene rings is 2. The number of aromatic amines is 1. The second-order valence-electron chi connectivity index (χ2n) is 4.67. The number of H-pyrrole nitrogens is 1. The molecule has 1 aromatic heterocycles. The molecule has 0 saturated heterocycles. The van der Waals surface area contributed by atoms with Gasteiger partial charge >= 0.3 is 4.87 Å². The average molecular weight is 334 g/mol. The third kappa shape index (κ3) is 3.50. The van der Waals surface area contributed by atoms with Gasteiger partial charge in [0.05, 0.1) is 4.88 Å². The van der Waals surface area contributed by atoms with E-state index < -0.39 is 0 Å². The molecule has 4 nitrogen and oxygen atoms in total. The summed E-state index contributed by atoms with van der Waals surface area (Å²) in [7, 11) is 0. The van der Waals surface area contributed by atoms with Gasteiger partial charge < -0.3 is 9.84 Å². The normalized spacial score (nSPS) is 10.6. The Hall–Kier alpha value is -2.24. The van der Waals surface area contributed by atoms with E-state index in [0.29, 0.717) is 27.8 Å². The molecular weight excluding hydrogens is 322 g/mol. The summed E-state index contributed by atoms with van der Waals surface area (Å²) < 4.78 is 5.70. The van der Waals surface area contributed by atoms with Gasteiger partial charge in [-0.1, -0.05) is 41.1 Å². The molecular formula is C16H12ClNO3S. The molecule has 3 aromatic rings. The molecule has 6 heteroatoms. The van der Waals surface area contributed by atoms with Crippen molar-refractivity contribution in [2.45, 2.75) is 6.42 Å². The van der Waals surface area contributed by atoms with Gasteiger partial charge in [-0.05, 0) is 35.9 Å². The Morgan fingerprint density at radius 3 is 2.55 bits per heavy atom. The van der Waals surface area contributed by atoms with E-state index in [1.54, 1.807) is 12.1 Å². The maximum absolute atomic E-state index is 11.2. The highest BCUT2D eigenvalue weighted by molar-refractivity contribution is 7.09. The first-order valence-corrected chi connectivity index (χ1v) is 7.73. The number of nitrogens with one attached hydrogen (secondary N) is 1. The lowest BCUT2D eigenvalue weighted by atomic mass is 10.1. The van der Waals surface area contributed by atoms with Crippen LogP contribution in [0.5, 0.6) is 17.4 Å². The fourth-order valence-electron chi connectivity index (χ4n) is 2.00. The summed E-state index contributed by atoms with van der Waals surface area (Å²) in [5.74, 6) is 1.30. The van der Waals surface area contributed by atoms with Crippen LogP contribution in [0.25, 0.3) is 0 Å². The molecule has 0 aliphatic heterocycles. The van der Waals surface area contributed by atoms with E-state index in [0.717, 1.165) is 16.9 Å². The van der Waals surface area contributed by atoms with Gasteiger partial charge in [0.2, 0.25) is 5.88 Å². The largest absolute Gasteiger partial charge is 0.494 e. The summed E-state index contributed by atoms with van der Waals surface area (Å²) in [6, 6.07) is 14.6.